The Morgan fingerprint density at radius 1 is 1.03 bits per heavy atom. The number of azo groups is 1. The molecule has 2 aromatic heterocycles. The fourth-order valence-electron chi connectivity index (χ4n) is 3.74. The Balaban J connectivity index is 1.69. The van der Waals surface area contributed by atoms with E-state index in [0.29, 0.717) is 72.0 Å². The number of rotatable bonds is 5. The third-order valence-corrected chi connectivity index (χ3v) is 6.57. The van der Waals surface area contributed by atoms with E-state index in [-0.39, 0.29) is 11.6 Å². The van der Waals surface area contributed by atoms with Crippen molar-refractivity contribution < 1.29 is 13.2 Å². The number of sulfone groups is 1. The van der Waals surface area contributed by atoms with Crippen LogP contribution < -0.4 is 10.6 Å². The number of amidine groups is 1. The van der Waals surface area contributed by atoms with Crippen LogP contribution in [0.2, 0.25) is 0 Å². The molecule has 1 saturated heterocycles. The van der Waals surface area contributed by atoms with Crippen molar-refractivity contribution in [3.05, 3.63) is 48.2 Å². The number of nitrogen functional groups attached to an aromatic ring is 1. The van der Waals surface area contributed by atoms with Gasteiger partial charge in [0.2, 0.25) is 5.95 Å². The molecular weight excluding hydrogens is 456 g/mol. The van der Waals surface area contributed by atoms with Gasteiger partial charge in [0, 0.05) is 42.2 Å². The number of hydrogen-bond acceptors (Lipinski definition) is 11. The van der Waals surface area contributed by atoms with Gasteiger partial charge in [0.15, 0.2) is 22.3 Å². The van der Waals surface area contributed by atoms with Crippen LogP contribution in [0.4, 0.5) is 11.8 Å². The molecule has 12 heteroatoms. The Morgan fingerprint density at radius 3 is 2.56 bits per heavy atom. The van der Waals surface area contributed by atoms with Crippen LogP contribution in [0, 0.1) is 0 Å². The summed E-state index contributed by atoms with van der Waals surface area (Å²) in [5, 5.41) is 8.06. The number of hydrogen-bond donors (Lipinski definition) is 1. The number of aromatic nitrogens is 3. The van der Waals surface area contributed by atoms with Crippen molar-refractivity contribution in [2.45, 2.75) is 4.90 Å². The molecule has 0 atom stereocenters. The first-order valence-corrected chi connectivity index (χ1v) is 12.5. The van der Waals surface area contributed by atoms with Crippen LogP contribution >= 0.6 is 0 Å². The fourth-order valence-corrected chi connectivity index (χ4v) is 4.41. The third-order valence-electron chi connectivity index (χ3n) is 5.46. The van der Waals surface area contributed by atoms with E-state index in [2.05, 4.69) is 20.2 Å². The van der Waals surface area contributed by atoms with Crippen molar-refractivity contribution >= 4 is 27.4 Å². The summed E-state index contributed by atoms with van der Waals surface area (Å²) in [6, 6.07) is 10.2. The Morgan fingerprint density at radius 2 is 1.82 bits per heavy atom. The monoisotopic (exact) mass is 478 g/mol. The molecule has 0 bridgehead atoms. The van der Waals surface area contributed by atoms with E-state index in [4.69, 9.17) is 20.4 Å². The highest BCUT2D eigenvalue weighted by atomic mass is 32.2. The van der Waals surface area contributed by atoms with E-state index in [1.165, 1.54) is 6.26 Å². The van der Waals surface area contributed by atoms with Crippen molar-refractivity contribution in [3.63, 3.8) is 0 Å². The van der Waals surface area contributed by atoms with E-state index in [1.807, 2.05) is 11.0 Å². The molecule has 11 nitrogen and oxygen atoms in total. The lowest BCUT2D eigenvalue weighted by atomic mass is 10.0. The number of benzene rings is 1. The highest BCUT2D eigenvalue weighted by Gasteiger charge is 2.21. The van der Waals surface area contributed by atoms with Crippen LogP contribution in [0.3, 0.4) is 0 Å². The average Bonchev–Trinajstić information content (AvgIpc) is 3.39. The lowest BCUT2D eigenvalue weighted by Crippen LogP contribution is -2.37. The molecule has 0 unspecified atom stereocenters. The van der Waals surface area contributed by atoms with Crippen molar-refractivity contribution in [3.8, 4) is 22.5 Å². The second kappa shape index (κ2) is 8.88. The lowest BCUT2D eigenvalue weighted by molar-refractivity contribution is 0.122. The number of nitrogens with zero attached hydrogens (tertiary/aromatic N) is 7. The van der Waals surface area contributed by atoms with Crippen molar-refractivity contribution in [1.29, 1.82) is 0 Å². The maximum atomic E-state index is 12.1. The SMILES string of the molecule is CS(=O)(=O)c1cccc(-c2cc(-c3cnc(N)cc3C3=NCN=N3)nc(N3CCOCC3)n2)c1. The molecule has 174 valence electrons. The Bertz CT molecular complexity index is 1420. The molecule has 3 aromatic rings. The number of aliphatic imine (C=N–C) groups is 1. The molecule has 2 aliphatic rings. The number of ether oxygens (including phenoxy) is 1. The molecule has 0 amide bonds. The summed E-state index contributed by atoms with van der Waals surface area (Å²) in [5.41, 5.74) is 9.11. The van der Waals surface area contributed by atoms with Gasteiger partial charge in [-0.25, -0.2) is 28.4 Å². The van der Waals surface area contributed by atoms with Gasteiger partial charge in [0.1, 0.15) is 5.82 Å². The van der Waals surface area contributed by atoms with Gasteiger partial charge in [-0.1, -0.05) is 12.1 Å². The number of morpholine rings is 1. The first kappa shape index (κ1) is 22.0. The summed E-state index contributed by atoms with van der Waals surface area (Å²) in [6.07, 6.45) is 2.81. The summed E-state index contributed by atoms with van der Waals surface area (Å²) in [5.74, 6) is 1.29. The fraction of sp³-hybridized carbons (Fsp3) is 0.273. The van der Waals surface area contributed by atoms with Crippen molar-refractivity contribution in [2.75, 3.05) is 49.9 Å². The second-order valence-corrected chi connectivity index (χ2v) is 9.87. The van der Waals surface area contributed by atoms with Gasteiger partial charge in [0.25, 0.3) is 0 Å². The van der Waals surface area contributed by atoms with Crippen LogP contribution in [0.15, 0.2) is 62.7 Å². The smallest absolute Gasteiger partial charge is 0.226 e. The van der Waals surface area contributed by atoms with E-state index in [0.717, 1.165) is 0 Å². The summed E-state index contributed by atoms with van der Waals surface area (Å²) < 4.78 is 29.7. The average molecular weight is 479 g/mol. The number of anilines is 2. The zero-order valence-corrected chi connectivity index (χ0v) is 19.2. The molecule has 34 heavy (non-hydrogen) atoms. The minimum absolute atomic E-state index is 0.216. The van der Waals surface area contributed by atoms with Gasteiger partial charge in [0.05, 0.1) is 29.5 Å². The summed E-state index contributed by atoms with van der Waals surface area (Å²) in [4.78, 5) is 20.4. The minimum Gasteiger partial charge on any atom is -0.384 e. The Hall–Kier alpha value is -3.77. The van der Waals surface area contributed by atoms with Crippen molar-refractivity contribution in [1.82, 2.24) is 15.0 Å². The van der Waals surface area contributed by atoms with Crippen LogP contribution in [-0.4, -0.2) is 68.4 Å². The third kappa shape index (κ3) is 4.50. The van der Waals surface area contributed by atoms with Gasteiger partial charge in [-0.3, -0.25) is 0 Å². The molecule has 0 aliphatic carbocycles. The Kier molecular flexibility index (Phi) is 5.75. The quantitative estimate of drug-likeness (QED) is 0.587. The predicted molar refractivity (Wildman–Crippen MR) is 128 cm³/mol. The summed E-state index contributed by atoms with van der Waals surface area (Å²) >= 11 is 0. The van der Waals surface area contributed by atoms with Gasteiger partial charge in [-0.05, 0) is 24.3 Å². The Labute approximate surface area is 196 Å². The number of pyridine rings is 1. The zero-order valence-electron chi connectivity index (χ0n) is 18.4. The molecule has 0 radical (unpaired) electrons. The normalized spacial score (nSPS) is 16.0. The number of nitrogens with two attached hydrogens (primary N) is 1. The molecule has 0 spiro atoms. The van der Waals surface area contributed by atoms with Gasteiger partial charge < -0.3 is 15.4 Å². The minimum atomic E-state index is -3.38. The van der Waals surface area contributed by atoms with Crippen LogP contribution in [0.5, 0.6) is 0 Å². The highest BCUT2D eigenvalue weighted by molar-refractivity contribution is 7.90. The van der Waals surface area contributed by atoms with E-state index in [1.54, 1.807) is 36.5 Å². The van der Waals surface area contributed by atoms with E-state index >= 15 is 0 Å². The molecular formula is C22H22N8O3S. The zero-order chi connectivity index (χ0) is 23.7. The van der Waals surface area contributed by atoms with Crippen LogP contribution in [-0.2, 0) is 14.6 Å². The first-order chi connectivity index (χ1) is 16.4. The topological polar surface area (TPSA) is 148 Å². The molecule has 0 saturated carbocycles. The van der Waals surface area contributed by atoms with Crippen LogP contribution in [0.25, 0.3) is 22.5 Å². The maximum Gasteiger partial charge on any atom is 0.226 e. The summed E-state index contributed by atoms with van der Waals surface area (Å²) in [7, 11) is -3.38. The molecule has 4 heterocycles. The van der Waals surface area contributed by atoms with Crippen molar-refractivity contribution in [2.24, 2.45) is 15.2 Å². The first-order valence-electron chi connectivity index (χ1n) is 10.6. The summed E-state index contributed by atoms with van der Waals surface area (Å²) in [6.45, 7) is 2.67. The molecule has 1 fully saturated rings. The van der Waals surface area contributed by atoms with Crippen LogP contribution in [0.1, 0.15) is 5.56 Å². The lowest BCUT2D eigenvalue weighted by Gasteiger charge is -2.27. The second-order valence-electron chi connectivity index (χ2n) is 7.86. The predicted octanol–water partition coefficient (Wildman–Crippen LogP) is 2.20. The highest BCUT2D eigenvalue weighted by Crippen LogP contribution is 2.31. The van der Waals surface area contributed by atoms with E-state index in [9.17, 15) is 8.42 Å². The molecule has 2 N–H and O–H groups in total. The largest absolute Gasteiger partial charge is 0.384 e. The molecule has 2 aliphatic heterocycles. The maximum absolute atomic E-state index is 12.1. The standard InChI is InChI=1S/C22H22N8O3S/c1-34(31,32)15-4-2-3-14(9-15)18-11-19(28-22(27-18)30-5-7-33-8-6-30)17-12-24-20(23)10-16(17)21-25-13-26-29-21/h2-4,9-12H,5-8,13H2,1H3,(H2,23,24). The molecule has 5 rings (SSSR count). The molecule has 1 aromatic carbocycles. The van der Waals surface area contributed by atoms with Gasteiger partial charge in [-0.2, -0.15) is 5.11 Å². The van der Waals surface area contributed by atoms with E-state index < -0.39 is 9.84 Å². The van der Waals surface area contributed by atoms with Gasteiger partial charge in [-0.15, -0.1) is 5.11 Å². The van der Waals surface area contributed by atoms with Gasteiger partial charge >= 0.3 is 0 Å².